The first-order valence-corrected chi connectivity index (χ1v) is 6.37. The summed E-state index contributed by atoms with van der Waals surface area (Å²) in [5.74, 6) is 2.04. The Morgan fingerprint density at radius 1 is 1.50 bits per heavy atom. The van der Waals surface area contributed by atoms with Gasteiger partial charge in [-0.3, -0.25) is 4.79 Å². The lowest BCUT2D eigenvalue weighted by Crippen LogP contribution is -2.43. The predicted molar refractivity (Wildman–Crippen MR) is 65.9 cm³/mol. The lowest BCUT2D eigenvalue weighted by Gasteiger charge is -2.34. The average molecular weight is 221 g/mol. The maximum Gasteiger partial charge on any atom is 0.228 e. The number of carbonyl (C=O) groups excluding carboxylic acids is 1. The zero-order valence-corrected chi connectivity index (χ0v) is 10.9. The van der Waals surface area contributed by atoms with Gasteiger partial charge < -0.3 is 4.90 Å². The van der Waals surface area contributed by atoms with Crippen molar-refractivity contribution >= 4 is 5.91 Å². The highest BCUT2D eigenvalue weighted by Crippen LogP contribution is 2.52. The molecule has 2 bridgehead atoms. The third kappa shape index (κ3) is 1.79. The maximum atomic E-state index is 12.5. The molecule has 0 heterocycles. The van der Waals surface area contributed by atoms with E-state index in [0.717, 1.165) is 13.0 Å². The summed E-state index contributed by atoms with van der Waals surface area (Å²) in [4.78, 5) is 14.4. The zero-order valence-electron chi connectivity index (χ0n) is 10.9. The normalized spacial score (nSPS) is 36.1. The zero-order chi connectivity index (χ0) is 11.9. The highest BCUT2D eigenvalue weighted by Gasteiger charge is 2.50. The maximum absolute atomic E-state index is 12.5. The van der Waals surface area contributed by atoms with Gasteiger partial charge >= 0.3 is 0 Å². The molecule has 3 atom stereocenters. The van der Waals surface area contributed by atoms with E-state index in [2.05, 4.69) is 32.9 Å². The van der Waals surface area contributed by atoms with Crippen LogP contribution >= 0.6 is 0 Å². The molecule has 0 aromatic carbocycles. The second kappa shape index (κ2) is 3.90. The SMILES string of the molecule is CC(C)CN(C)C(=O)C1(C)CC2C=CC1C2. The summed E-state index contributed by atoms with van der Waals surface area (Å²) in [6, 6.07) is 0. The summed E-state index contributed by atoms with van der Waals surface area (Å²) in [7, 11) is 1.95. The van der Waals surface area contributed by atoms with E-state index in [9.17, 15) is 4.79 Å². The molecule has 0 saturated heterocycles. The van der Waals surface area contributed by atoms with Gasteiger partial charge in [0.1, 0.15) is 0 Å². The van der Waals surface area contributed by atoms with Crippen molar-refractivity contribution in [3.63, 3.8) is 0 Å². The minimum absolute atomic E-state index is 0.122. The first-order chi connectivity index (χ1) is 7.43. The van der Waals surface area contributed by atoms with E-state index >= 15 is 0 Å². The van der Waals surface area contributed by atoms with Crippen molar-refractivity contribution in [1.29, 1.82) is 0 Å². The number of allylic oxidation sites excluding steroid dienone is 2. The van der Waals surface area contributed by atoms with Gasteiger partial charge in [0.15, 0.2) is 0 Å². The Labute approximate surface area is 98.7 Å². The van der Waals surface area contributed by atoms with Gasteiger partial charge in [0.05, 0.1) is 5.41 Å². The van der Waals surface area contributed by atoms with Crippen LogP contribution in [-0.4, -0.2) is 24.4 Å². The van der Waals surface area contributed by atoms with Crippen molar-refractivity contribution in [2.45, 2.75) is 33.6 Å². The van der Waals surface area contributed by atoms with Gasteiger partial charge in [-0.05, 0) is 30.6 Å². The van der Waals surface area contributed by atoms with Gasteiger partial charge in [-0.2, -0.15) is 0 Å². The Morgan fingerprint density at radius 2 is 2.19 bits per heavy atom. The molecule has 16 heavy (non-hydrogen) atoms. The Balaban J connectivity index is 2.07. The highest BCUT2D eigenvalue weighted by molar-refractivity contribution is 5.83. The molecule has 0 aromatic rings. The lowest BCUT2D eigenvalue weighted by atomic mass is 9.76. The molecule has 0 aromatic heterocycles. The first-order valence-electron chi connectivity index (χ1n) is 6.37. The van der Waals surface area contributed by atoms with Crippen LogP contribution in [-0.2, 0) is 4.79 Å². The monoisotopic (exact) mass is 221 g/mol. The van der Waals surface area contributed by atoms with Crippen molar-refractivity contribution in [1.82, 2.24) is 4.90 Å². The van der Waals surface area contributed by atoms with E-state index in [1.165, 1.54) is 6.42 Å². The Kier molecular flexibility index (Phi) is 2.85. The molecule has 2 aliphatic rings. The minimum atomic E-state index is -0.122. The van der Waals surface area contributed by atoms with E-state index < -0.39 is 0 Å². The highest BCUT2D eigenvalue weighted by atomic mass is 16.2. The summed E-state index contributed by atoms with van der Waals surface area (Å²) in [5, 5.41) is 0. The Morgan fingerprint density at radius 3 is 2.62 bits per heavy atom. The van der Waals surface area contributed by atoms with E-state index in [-0.39, 0.29) is 5.41 Å². The number of hydrogen-bond donors (Lipinski definition) is 0. The van der Waals surface area contributed by atoms with Crippen LogP contribution in [0.1, 0.15) is 33.6 Å². The van der Waals surface area contributed by atoms with E-state index in [0.29, 0.717) is 23.7 Å². The molecular weight excluding hydrogens is 198 g/mol. The van der Waals surface area contributed by atoms with E-state index in [4.69, 9.17) is 0 Å². The molecule has 2 aliphatic carbocycles. The van der Waals surface area contributed by atoms with Gasteiger partial charge in [-0.15, -0.1) is 0 Å². The fourth-order valence-electron chi connectivity index (χ4n) is 3.41. The molecule has 0 aliphatic heterocycles. The summed E-state index contributed by atoms with van der Waals surface area (Å²) >= 11 is 0. The van der Waals surface area contributed by atoms with Crippen molar-refractivity contribution in [2.24, 2.45) is 23.2 Å². The number of amides is 1. The second-order valence-corrected chi connectivity index (χ2v) is 6.19. The van der Waals surface area contributed by atoms with E-state index in [1.54, 1.807) is 0 Å². The largest absolute Gasteiger partial charge is 0.345 e. The smallest absolute Gasteiger partial charge is 0.228 e. The molecule has 1 fully saturated rings. The summed E-state index contributed by atoms with van der Waals surface area (Å²) in [6.45, 7) is 7.34. The molecule has 0 N–H and O–H groups in total. The van der Waals surface area contributed by atoms with Gasteiger partial charge in [-0.25, -0.2) is 0 Å². The van der Waals surface area contributed by atoms with Crippen LogP contribution in [0.4, 0.5) is 0 Å². The summed E-state index contributed by atoms with van der Waals surface area (Å²) < 4.78 is 0. The number of nitrogens with zero attached hydrogens (tertiary/aromatic N) is 1. The number of fused-ring (bicyclic) bond motifs is 2. The number of carbonyl (C=O) groups is 1. The van der Waals surface area contributed by atoms with Crippen LogP contribution in [0, 0.1) is 23.2 Å². The average Bonchev–Trinajstić information content (AvgIpc) is 2.75. The standard InChI is InChI=1S/C14H23NO/c1-10(2)9-15(4)13(16)14(3)8-11-5-6-12(14)7-11/h5-6,10-12H,7-9H2,1-4H3. The summed E-state index contributed by atoms with van der Waals surface area (Å²) in [6.07, 6.45) is 6.80. The van der Waals surface area contributed by atoms with Crippen molar-refractivity contribution in [3.8, 4) is 0 Å². The topological polar surface area (TPSA) is 20.3 Å². The quantitative estimate of drug-likeness (QED) is 0.671. The number of hydrogen-bond acceptors (Lipinski definition) is 1. The van der Waals surface area contributed by atoms with Gasteiger partial charge in [0.2, 0.25) is 5.91 Å². The fourth-order valence-corrected chi connectivity index (χ4v) is 3.41. The van der Waals surface area contributed by atoms with Crippen LogP contribution < -0.4 is 0 Å². The van der Waals surface area contributed by atoms with Crippen LogP contribution in [0.5, 0.6) is 0 Å². The van der Waals surface area contributed by atoms with Crippen LogP contribution in [0.25, 0.3) is 0 Å². The Hall–Kier alpha value is -0.790. The van der Waals surface area contributed by atoms with Gasteiger partial charge in [0.25, 0.3) is 0 Å². The van der Waals surface area contributed by atoms with Crippen molar-refractivity contribution in [2.75, 3.05) is 13.6 Å². The molecule has 0 spiro atoms. The summed E-state index contributed by atoms with van der Waals surface area (Å²) in [5.41, 5.74) is -0.122. The lowest BCUT2D eigenvalue weighted by molar-refractivity contribution is -0.141. The van der Waals surface area contributed by atoms with Crippen LogP contribution in [0.3, 0.4) is 0 Å². The molecule has 2 rings (SSSR count). The van der Waals surface area contributed by atoms with Crippen molar-refractivity contribution in [3.05, 3.63) is 12.2 Å². The molecular formula is C14H23NO. The molecule has 3 unspecified atom stereocenters. The molecule has 1 saturated carbocycles. The molecule has 2 nitrogen and oxygen atoms in total. The second-order valence-electron chi connectivity index (χ2n) is 6.19. The van der Waals surface area contributed by atoms with E-state index in [1.807, 2.05) is 11.9 Å². The van der Waals surface area contributed by atoms with Crippen LogP contribution in [0.2, 0.25) is 0 Å². The third-order valence-corrected chi connectivity index (χ3v) is 4.15. The van der Waals surface area contributed by atoms with Crippen LogP contribution in [0.15, 0.2) is 12.2 Å². The van der Waals surface area contributed by atoms with Crippen molar-refractivity contribution < 1.29 is 4.79 Å². The van der Waals surface area contributed by atoms with Gasteiger partial charge in [-0.1, -0.05) is 32.9 Å². The minimum Gasteiger partial charge on any atom is -0.345 e. The number of rotatable bonds is 3. The first kappa shape index (κ1) is 11.7. The molecule has 2 heteroatoms. The molecule has 1 amide bonds. The van der Waals surface area contributed by atoms with Gasteiger partial charge in [0, 0.05) is 13.6 Å². The Bertz CT molecular complexity index is 321. The fraction of sp³-hybridized carbons (Fsp3) is 0.786. The predicted octanol–water partition coefficient (Wildman–Crippen LogP) is 2.70. The molecule has 90 valence electrons. The third-order valence-electron chi connectivity index (χ3n) is 4.15. The molecule has 0 radical (unpaired) electrons.